The summed E-state index contributed by atoms with van der Waals surface area (Å²) in [6.45, 7) is 2.42. The lowest BCUT2D eigenvalue weighted by Crippen LogP contribution is -2.62. The summed E-state index contributed by atoms with van der Waals surface area (Å²) >= 11 is 0. The van der Waals surface area contributed by atoms with E-state index in [4.69, 9.17) is 5.73 Å². The molecule has 3 nitrogen and oxygen atoms in total. The van der Waals surface area contributed by atoms with Crippen molar-refractivity contribution in [2.24, 2.45) is 5.73 Å². The van der Waals surface area contributed by atoms with Crippen molar-refractivity contribution in [2.45, 2.75) is 19.0 Å². The number of likely N-dealkylation sites (tertiary alicyclic amines) is 1. The number of carbonyl (C=O) groups excluding carboxylic acids is 1. The normalized spacial score (nSPS) is 25.3. The summed E-state index contributed by atoms with van der Waals surface area (Å²) in [6, 6.07) is 5.54. The van der Waals surface area contributed by atoms with Crippen LogP contribution in [-0.4, -0.2) is 23.4 Å². The molecule has 1 heterocycles. The molecular weight excluding hydrogens is 195 g/mol. The fraction of sp³-hybridized carbons (Fsp3) is 0.364. The number of amides is 1. The van der Waals surface area contributed by atoms with Gasteiger partial charge in [0.15, 0.2) is 0 Å². The van der Waals surface area contributed by atoms with Crippen molar-refractivity contribution in [1.29, 1.82) is 0 Å². The van der Waals surface area contributed by atoms with Gasteiger partial charge in [0, 0.05) is 12.1 Å². The maximum atomic E-state index is 13.5. The molecule has 1 aromatic carbocycles. The highest BCUT2D eigenvalue weighted by Gasteiger charge is 2.45. The van der Waals surface area contributed by atoms with Crippen LogP contribution in [0.1, 0.15) is 18.5 Å². The Morgan fingerprint density at radius 2 is 2.13 bits per heavy atom. The van der Waals surface area contributed by atoms with E-state index in [0.717, 1.165) is 0 Å². The highest BCUT2D eigenvalue weighted by Crippen LogP contribution is 2.34. The summed E-state index contributed by atoms with van der Waals surface area (Å²) in [7, 11) is 0. The topological polar surface area (TPSA) is 46.3 Å². The van der Waals surface area contributed by atoms with Crippen LogP contribution in [0.5, 0.6) is 0 Å². The van der Waals surface area contributed by atoms with E-state index in [1.807, 2.05) is 6.92 Å². The monoisotopic (exact) mass is 208 g/mol. The lowest BCUT2D eigenvalue weighted by Gasteiger charge is -2.45. The first-order chi connectivity index (χ1) is 7.16. The number of likely N-dealkylation sites (N-methyl/N-ethyl adjacent to an activating group) is 1. The number of benzene rings is 1. The zero-order valence-corrected chi connectivity index (χ0v) is 8.48. The molecule has 1 amide bonds. The first-order valence-electron chi connectivity index (χ1n) is 4.97. The average molecular weight is 208 g/mol. The van der Waals surface area contributed by atoms with Gasteiger partial charge in [0.1, 0.15) is 11.9 Å². The summed E-state index contributed by atoms with van der Waals surface area (Å²) in [5.74, 6) is -0.408. The number of nitrogens with zero attached hydrogens (tertiary/aromatic N) is 1. The molecule has 0 bridgehead atoms. The molecule has 0 saturated carbocycles. The molecule has 2 rings (SSSR count). The van der Waals surface area contributed by atoms with E-state index in [0.29, 0.717) is 12.1 Å². The van der Waals surface area contributed by atoms with Crippen LogP contribution in [0.15, 0.2) is 24.3 Å². The lowest BCUT2D eigenvalue weighted by molar-refractivity contribution is -0.149. The average Bonchev–Trinajstić information content (AvgIpc) is 2.26. The van der Waals surface area contributed by atoms with E-state index in [2.05, 4.69) is 0 Å². The number of carbonyl (C=O) groups is 1. The van der Waals surface area contributed by atoms with Crippen LogP contribution in [0.25, 0.3) is 0 Å². The fourth-order valence-corrected chi connectivity index (χ4v) is 2.00. The van der Waals surface area contributed by atoms with Crippen molar-refractivity contribution in [3.8, 4) is 0 Å². The molecule has 1 aromatic rings. The molecule has 80 valence electrons. The molecule has 1 fully saturated rings. The second-order valence-corrected chi connectivity index (χ2v) is 3.62. The van der Waals surface area contributed by atoms with Crippen molar-refractivity contribution in [3.05, 3.63) is 35.6 Å². The van der Waals surface area contributed by atoms with E-state index in [1.54, 1.807) is 23.1 Å². The van der Waals surface area contributed by atoms with Crippen LogP contribution in [0.3, 0.4) is 0 Å². The Kier molecular flexibility index (Phi) is 2.44. The van der Waals surface area contributed by atoms with Crippen LogP contribution in [0.4, 0.5) is 4.39 Å². The first kappa shape index (κ1) is 10.1. The van der Waals surface area contributed by atoms with Gasteiger partial charge in [0.25, 0.3) is 0 Å². The van der Waals surface area contributed by atoms with Gasteiger partial charge in [0.05, 0.1) is 6.04 Å². The molecule has 0 aromatic heterocycles. The van der Waals surface area contributed by atoms with Gasteiger partial charge in [-0.1, -0.05) is 18.2 Å². The van der Waals surface area contributed by atoms with Crippen molar-refractivity contribution in [2.75, 3.05) is 6.54 Å². The van der Waals surface area contributed by atoms with Crippen LogP contribution in [0, 0.1) is 5.82 Å². The van der Waals surface area contributed by atoms with Gasteiger partial charge < -0.3 is 10.6 Å². The van der Waals surface area contributed by atoms with E-state index < -0.39 is 6.04 Å². The minimum Gasteiger partial charge on any atom is -0.332 e. The molecule has 2 unspecified atom stereocenters. The molecule has 4 heteroatoms. The highest BCUT2D eigenvalue weighted by atomic mass is 19.1. The van der Waals surface area contributed by atoms with Crippen LogP contribution >= 0.6 is 0 Å². The van der Waals surface area contributed by atoms with Crippen LogP contribution in [-0.2, 0) is 4.79 Å². The number of rotatable bonds is 2. The Bertz CT molecular complexity index is 394. The number of hydrogen-bond donors (Lipinski definition) is 1. The van der Waals surface area contributed by atoms with Gasteiger partial charge >= 0.3 is 0 Å². The Morgan fingerprint density at radius 1 is 1.47 bits per heavy atom. The molecule has 1 aliphatic rings. The van der Waals surface area contributed by atoms with E-state index >= 15 is 0 Å². The quantitative estimate of drug-likeness (QED) is 0.738. The zero-order chi connectivity index (χ0) is 11.0. The number of nitrogens with two attached hydrogens (primary N) is 1. The number of hydrogen-bond acceptors (Lipinski definition) is 2. The first-order valence-corrected chi connectivity index (χ1v) is 4.97. The van der Waals surface area contributed by atoms with Crippen LogP contribution < -0.4 is 5.73 Å². The molecule has 15 heavy (non-hydrogen) atoms. The maximum absolute atomic E-state index is 13.5. The fourth-order valence-electron chi connectivity index (χ4n) is 2.00. The van der Waals surface area contributed by atoms with Crippen molar-refractivity contribution < 1.29 is 9.18 Å². The predicted octanol–water partition coefficient (Wildman–Crippen LogP) is 1.06. The van der Waals surface area contributed by atoms with Gasteiger partial charge in [0.2, 0.25) is 5.91 Å². The molecule has 0 aliphatic carbocycles. The van der Waals surface area contributed by atoms with Gasteiger partial charge in [-0.2, -0.15) is 0 Å². The standard InChI is InChI=1S/C11H13FN2O/c1-2-14-10(9(13)11(14)15)7-5-3-4-6-8(7)12/h3-6,9-10H,2,13H2,1H3. The third kappa shape index (κ3) is 1.41. The smallest absolute Gasteiger partial charge is 0.242 e. The Labute approximate surface area is 87.7 Å². The molecule has 2 N–H and O–H groups in total. The van der Waals surface area contributed by atoms with Gasteiger partial charge in [-0.25, -0.2) is 4.39 Å². The number of halogens is 1. The summed E-state index contributed by atoms with van der Waals surface area (Å²) < 4.78 is 13.5. The third-order valence-electron chi connectivity index (χ3n) is 2.81. The molecule has 0 spiro atoms. The molecule has 1 saturated heterocycles. The molecule has 0 radical (unpaired) electrons. The van der Waals surface area contributed by atoms with Crippen LogP contribution in [0.2, 0.25) is 0 Å². The number of β-lactam (4-membered cyclic amide) rings is 1. The SMILES string of the molecule is CCN1C(=O)C(N)C1c1ccccc1F. The Morgan fingerprint density at radius 3 is 2.73 bits per heavy atom. The van der Waals surface area contributed by atoms with Crippen molar-refractivity contribution >= 4 is 5.91 Å². The second-order valence-electron chi connectivity index (χ2n) is 3.62. The summed E-state index contributed by atoms with van der Waals surface area (Å²) in [4.78, 5) is 13.0. The summed E-state index contributed by atoms with van der Waals surface area (Å²) in [5, 5.41) is 0. The third-order valence-corrected chi connectivity index (χ3v) is 2.81. The van der Waals surface area contributed by atoms with Gasteiger partial charge in [-0.05, 0) is 13.0 Å². The molecule has 1 aliphatic heterocycles. The van der Waals surface area contributed by atoms with Gasteiger partial charge in [-0.3, -0.25) is 4.79 Å². The minimum atomic E-state index is -0.596. The zero-order valence-electron chi connectivity index (χ0n) is 8.48. The van der Waals surface area contributed by atoms with E-state index in [-0.39, 0.29) is 17.8 Å². The predicted molar refractivity (Wildman–Crippen MR) is 54.5 cm³/mol. The maximum Gasteiger partial charge on any atom is 0.242 e. The van der Waals surface area contributed by atoms with E-state index in [9.17, 15) is 9.18 Å². The van der Waals surface area contributed by atoms with E-state index in [1.165, 1.54) is 6.07 Å². The van der Waals surface area contributed by atoms with Crippen molar-refractivity contribution in [1.82, 2.24) is 4.90 Å². The van der Waals surface area contributed by atoms with Gasteiger partial charge in [-0.15, -0.1) is 0 Å². The van der Waals surface area contributed by atoms with Crippen molar-refractivity contribution in [3.63, 3.8) is 0 Å². The summed E-state index contributed by atoms with van der Waals surface area (Å²) in [6.07, 6.45) is 0. The Balaban J connectivity index is 2.32. The summed E-state index contributed by atoms with van der Waals surface area (Å²) in [5.41, 5.74) is 6.18. The minimum absolute atomic E-state index is 0.106. The highest BCUT2D eigenvalue weighted by molar-refractivity contribution is 5.89. The Hall–Kier alpha value is -1.42. The lowest BCUT2D eigenvalue weighted by atomic mass is 9.89. The second kappa shape index (κ2) is 3.62. The molecule has 2 atom stereocenters. The largest absolute Gasteiger partial charge is 0.332 e. The molecular formula is C11H13FN2O.